The number of rotatable bonds is 3. The van der Waals surface area contributed by atoms with Crippen molar-refractivity contribution in [3.05, 3.63) is 29.6 Å². The van der Waals surface area contributed by atoms with E-state index in [0.717, 1.165) is 11.0 Å². The Labute approximate surface area is 120 Å². The molecule has 1 N–H and O–H groups in total. The van der Waals surface area contributed by atoms with E-state index >= 15 is 0 Å². The summed E-state index contributed by atoms with van der Waals surface area (Å²) in [5.41, 5.74) is -0.179. The van der Waals surface area contributed by atoms with E-state index in [1.165, 1.54) is 26.3 Å². The van der Waals surface area contributed by atoms with Crippen LogP contribution >= 0.6 is 0 Å². The lowest BCUT2D eigenvalue weighted by Gasteiger charge is -2.29. The zero-order valence-corrected chi connectivity index (χ0v) is 11.7. The second-order valence-corrected chi connectivity index (χ2v) is 4.73. The zero-order chi connectivity index (χ0) is 15.6. The Kier molecular flexibility index (Phi) is 4.21. The third-order valence-corrected chi connectivity index (χ3v) is 3.40. The Bertz CT molecular complexity index is 603. The van der Waals surface area contributed by atoms with E-state index in [4.69, 9.17) is 4.74 Å². The molecule has 21 heavy (non-hydrogen) atoms. The molecule has 0 radical (unpaired) electrons. The summed E-state index contributed by atoms with van der Waals surface area (Å²) in [7, 11) is 2.81. The Hall–Kier alpha value is -2.44. The lowest BCUT2D eigenvalue weighted by Crippen LogP contribution is -2.53. The van der Waals surface area contributed by atoms with E-state index < -0.39 is 23.7 Å². The van der Waals surface area contributed by atoms with E-state index in [1.54, 1.807) is 0 Å². The first-order valence-corrected chi connectivity index (χ1v) is 6.38. The molecule has 1 saturated heterocycles. The number of benzene rings is 1. The lowest BCUT2D eigenvalue weighted by atomic mass is 10.0. The molecule has 112 valence electrons. The molecular formula is C14H15FN2O4. The predicted molar refractivity (Wildman–Crippen MR) is 71.2 cm³/mol. The number of carbonyl (C=O) groups is 3. The summed E-state index contributed by atoms with van der Waals surface area (Å²) in [6, 6.07) is 3.02. The van der Waals surface area contributed by atoms with Crippen molar-refractivity contribution in [2.24, 2.45) is 0 Å². The summed E-state index contributed by atoms with van der Waals surface area (Å²) < 4.78 is 18.7. The molecular weight excluding hydrogens is 279 g/mol. The van der Waals surface area contributed by atoms with Crippen molar-refractivity contribution in [3.8, 4) is 5.75 Å². The van der Waals surface area contributed by atoms with Gasteiger partial charge in [-0.15, -0.1) is 0 Å². The number of halogens is 1. The van der Waals surface area contributed by atoms with Gasteiger partial charge in [-0.25, -0.2) is 4.39 Å². The van der Waals surface area contributed by atoms with Crippen molar-refractivity contribution in [1.29, 1.82) is 0 Å². The van der Waals surface area contributed by atoms with Crippen LogP contribution in [0.4, 0.5) is 4.39 Å². The number of imide groups is 1. The highest BCUT2D eigenvalue weighted by Crippen LogP contribution is 2.20. The van der Waals surface area contributed by atoms with Crippen LogP contribution in [0.15, 0.2) is 18.2 Å². The summed E-state index contributed by atoms with van der Waals surface area (Å²) in [4.78, 5) is 36.3. The summed E-state index contributed by atoms with van der Waals surface area (Å²) in [5, 5.41) is 2.16. The number of ether oxygens (including phenoxy) is 1. The van der Waals surface area contributed by atoms with Crippen LogP contribution in [0.25, 0.3) is 0 Å². The molecule has 1 atom stereocenters. The van der Waals surface area contributed by atoms with Crippen LogP contribution in [0.5, 0.6) is 5.75 Å². The second kappa shape index (κ2) is 5.90. The highest BCUT2D eigenvalue weighted by Gasteiger charge is 2.33. The number of nitrogens with one attached hydrogen (secondary N) is 1. The molecule has 0 aromatic heterocycles. The maximum absolute atomic E-state index is 13.8. The molecule has 1 heterocycles. The monoisotopic (exact) mass is 294 g/mol. The van der Waals surface area contributed by atoms with Crippen LogP contribution in [0, 0.1) is 5.82 Å². The van der Waals surface area contributed by atoms with Gasteiger partial charge in [-0.05, 0) is 24.6 Å². The highest BCUT2D eigenvalue weighted by atomic mass is 19.1. The standard InChI is InChI=1S/C14H15FN2O4/c1-17(11-5-6-12(18)16-13(11)19)14(20)9-7-8(21-2)3-4-10(9)15/h3-4,7,11H,5-6H2,1-2H3,(H,16,18,19). The second-order valence-electron chi connectivity index (χ2n) is 4.73. The SMILES string of the molecule is COc1ccc(F)c(C(=O)N(C)C2CCC(=O)NC2=O)c1. The Morgan fingerprint density at radius 2 is 2.14 bits per heavy atom. The smallest absolute Gasteiger partial charge is 0.257 e. The molecule has 0 bridgehead atoms. The Morgan fingerprint density at radius 3 is 2.76 bits per heavy atom. The van der Waals surface area contributed by atoms with Gasteiger partial charge in [0.05, 0.1) is 12.7 Å². The van der Waals surface area contributed by atoms with Crippen LogP contribution in [-0.4, -0.2) is 42.8 Å². The zero-order valence-electron chi connectivity index (χ0n) is 11.7. The maximum Gasteiger partial charge on any atom is 0.257 e. The summed E-state index contributed by atoms with van der Waals surface area (Å²) in [6.07, 6.45) is 0.368. The summed E-state index contributed by atoms with van der Waals surface area (Å²) in [5.74, 6) is -1.91. The highest BCUT2D eigenvalue weighted by molar-refractivity contribution is 6.03. The van der Waals surface area contributed by atoms with Crippen molar-refractivity contribution in [3.63, 3.8) is 0 Å². The lowest BCUT2D eigenvalue weighted by molar-refractivity contribution is -0.136. The van der Waals surface area contributed by atoms with E-state index in [-0.39, 0.29) is 24.3 Å². The molecule has 1 aromatic carbocycles. The Balaban J connectivity index is 2.23. The maximum atomic E-state index is 13.8. The largest absolute Gasteiger partial charge is 0.497 e. The molecule has 1 unspecified atom stereocenters. The van der Waals surface area contributed by atoms with E-state index in [9.17, 15) is 18.8 Å². The van der Waals surface area contributed by atoms with E-state index in [0.29, 0.717) is 5.75 Å². The first-order valence-electron chi connectivity index (χ1n) is 6.38. The minimum Gasteiger partial charge on any atom is -0.497 e. The molecule has 1 fully saturated rings. The van der Waals surface area contributed by atoms with Gasteiger partial charge in [0.2, 0.25) is 11.8 Å². The number of piperidine rings is 1. The minimum absolute atomic E-state index is 0.147. The van der Waals surface area contributed by atoms with Crippen molar-refractivity contribution in [2.45, 2.75) is 18.9 Å². The fourth-order valence-electron chi connectivity index (χ4n) is 2.18. The average Bonchev–Trinajstić information content (AvgIpc) is 2.46. The predicted octanol–water partition coefficient (Wildman–Crippen LogP) is 0.711. The number of nitrogens with zero attached hydrogens (tertiary/aromatic N) is 1. The van der Waals surface area contributed by atoms with Crippen molar-refractivity contribution < 1.29 is 23.5 Å². The summed E-state index contributed by atoms with van der Waals surface area (Å²) >= 11 is 0. The van der Waals surface area contributed by atoms with E-state index in [1.807, 2.05) is 0 Å². The molecule has 1 aliphatic heterocycles. The number of hydrogen-bond donors (Lipinski definition) is 1. The third kappa shape index (κ3) is 3.01. The number of methoxy groups -OCH3 is 1. The number of carbonyl (C=O) groups excluding carboxylic acids is 3. The Morgan fingerprint density at radius 1 is 1.43 bits per heavy atom. The van der Waals surface area contributed by atoms with Crippen LogP contribution in [0.3, 0.4) is 0 Å². The molecule has 6 nitrogen and oxygen atoms in total. The normalized spacial score (nSPS) is 18.1. The first-order chi connectivity index (χ1) is 9.93. The molecule has 0 saturated carbocycles. The van der Waals surface area contributed by atoms with Crippen molar-refractivity contribution in [2.75, 3.05) is 14.2 Å². The number of likely N-dealkylation sites (N-methyl/N-ethyl adjacent to an activating group) is 1. The van der Waals surface area contributed by atoms with Gasteiger partial charge in [0, 0.05) is 13.5 Å². The molecule has 1 aliphatic rings. The first kappa shape index (κ1) is 15.0. The van der Waals surface area contributed by atoms with E-state index in [2.05, 4.69) is 5.32 Å². The van der Waals surface area contributed by atoms with Gasteiger partial charge >= 0.3 is 0 Å². The van der Waals surface area contributed by atoms with Crippen molar-refractivity contribution in [1.82, 2.24) is 10.2 Å². The topological polar surface area (TPSA) is 75.7 Å². The number of hydrogen-bond acceptors (Lipinski definition) is 4. The van der Waals surface area contributed by atoms with Crippen molar-refractivity contribution >= 4 is 17.7 Å². The average molecular weight is 294 g/mol. The van der Waals surface area contributed by atoms with Gasteiger partial charge in [0.15, 0.2) is 0 Å². The third-order valence-electron chi connectivity index (χ3n) is 3.40. The van der Waals surface area contributed by atoms with Gasteiger partial charge in [-0.2, -0.15) is 0 Å². The molecule has 7 heteroatoms. The van der Waals surface area contributed by atoms with Gasteiger partial charge in [0.1, 0.15) is 17.6 Å². The summed E-state index contributed by atoms with van der Waals surface area (Å²) in [6.45, 7) is 0. The minimum atomic E-state index is -0.791. The molecule has 0 aliphatic carbocycles. The molecule has 1 aromatic rings. The number of amides is 3. The van der Waals surface area contributed by atoms with Gasteiger partial charge in [-0.1, -0.05) is 0 Å². The van der Waals surface area contributed by atoms with Gasteiger partial charge < -0.3 is 9.64 Å². The van der Waals surface area contributed by atoms with Gasteiger partial charge in [-0.3, -0.25) is 19.7 Å². The molecule has 0 spiro atoms. The fraction of sp³-hybridized carbons (Fsp3) is 0.357. The quantitative estimate of drug-likeness (QED) is 0.833. The fourth-order valence-corrected chi connectivity index (χ4v) is 2.18. The van der Waals surface area contributed by atoms with Crippen LogP contribution in [0.1, 0.15) is 23.2 Å². The molecule has 3 amide bonds. The van der Waals surface area contributed by atoms with Crippen LogP contribution in [0.2, 0.25) is 0 Å². The van der Waals surface area contributed by atoms with Crippen LogP contribution < -0.4 is 10.1 Å². The van der Waals surface area contributed by atoms with Crippen LogP contribution in [-0.2, 0) is 9.59 Å². The van der Waals surface area contributed by atoms with Gasteiger partial charge in [0.25, 0.3) is 5.91 Å². The molecule has 2 rings (SSSR count).